The maximum Gasteiger partial charge on any atom is 0.419 e. The number of hydrogen-bond donors (Lipinski definition) is 0. The van der Waals surface area contributed by atoms with Crippen LogP contribution in [-0.2, 0) is 7.05 Å². The predicted octanol–water partition coefficient (Wildman–Crippen LogP) is 3.78. The number of fused-ring (bicyclic) bond motifs is 1. The molecule has 1 unspecified atom stereocenters. The first-order chi connectivity index (χ1) is 11.4. The highest BCUT2D eigenvalue weighted by Crippen LogP contribution is 2.31. The molecule has 3 rings (SSSR count). The molecule has 0 aliphatic rings. The molecular weight excluding hydrogens is 330 g/mol. The number of Topliss-reactive ketones (excluding diaryl/α,β-unsaturated/α-hetero) is 1. The van der Waals surface area contributed by atoms with Crippen molar-refractivity contribution in [3.05, 3.63) is 63.1 Å². The summed E-state index contributed by atoms with van der Waals surface area (Å²) in [5.41, 5.74) is 2.01. The number of ketones is 1. The summed E-state index contributed by atoms with van der Waals surface area (Å²) in [6.45, 7) is 1.78. The number of carbonyl (C=O) groups is 1. The Balaban J connectivity index is 2.08. The second-order valence-corrected chi connectivity index (χ2v) is 5.96. The van der Waals surface area contributed by atoms with Gasteiger partial charge in [0.05, 0.1) is 7.11 Å². The number of aromatic nitrogens is 1. The number of halogens is 1. The van der Waals surface area contributed by atoms with E-state index in [2.05, 4.69) is 0 Å². The number of benzene rings is 2. The van der Waals surface area contributed by atoms with Gasteiger partial charge < -0.3 is 9.15 Å². The maximum absolute atomic E-state index is 13.0. The number of methoxy groups -OCH3 is 1. The van der Waals surface area contributed by atoms with Gasteiger partial charge in [-0.3, -0.25) is 9.36 Å². The van der Waals surface area contributed by atoms with E-state index in [1.165, 1.54) is 4.57 Å². The smallest absolute Gasteiger partial charge is 0.419 e. The second kappa shape index (κ2) is 6.17. The zero-order chi connectivity index (χ0) is 17.4. The van der Waals surface area contributed by atoms with Crippen molar-refractivity contribution in [2.75, 3.05) is 7.11 Å². The van der Waals surface area contributed by atoms with Crippen LogP contribution in [0.1, 0.15) is 28.8 Å². The maximum atomic E-state index is 13.0. The standard InChI is InChI=1S/C18H16ClNO4/c1-10(12-8-7-11(23-3)9-14(12)19)17(21)13-5-4-6-15-16(13)20(2)18(22)24-15/h4-10H,1-3H3. The first-order valence-corrected chi connectivity index (χ1v) is 7.78. The molecule has 2 aromatic carbocycles. The van der Waals surface area contributed by atoms with Crippen molar-refractivity contribution in [2.45, 2.75) is 12.8 Å². The van der Waals surface area contributed by atoms with E-state index in [-0.39, 0.29) is 5.78 Å². The first-order valence-electron chi connectivity index (χ1n) is 7.40. The number of oxazole rings is 1. The van der Waals surface area contributed by atoms with Gasteiger partial charge >= 0.3 is 5.76 Å². The Kier molecular flexibility index (Phi) is 4.20. The lowest BCUT2D eigenvalue weighted by molar-refractivity contribution is 0.0967. The normalized spacial score (nSPS) is 12.3. The molecule has 6 heteroatoms. The van der Waals surface area contributed by atoms with E-state index >= 15 is 0 Å². The van der Waals surface area contributed by atoms with Crippen molar-refractivity contribution < 1.29 is 13.9 Å². The second-order valence-electron chi connectivity index (χ2n) is 5.55. The van der Waals surface area contributed by atoms with Crippen LogP contribution in [0.5, 0.6) is 5.75 Å². The molecule has 3 aromatic rings. The molecule has 24 heavy (non-hydrogen) atoms. The molecule has 0 aliphatic heterocycles. The van der Waals surface area contributed by atoms with Crippen molar-refractivity contribution in [1.29, 1.82) is 0 Å². The Hall–Kier alpha value is -2.53. The predicted molar refractivity (Wildman–Crippen MR) is 92.2 cm³/mol. The number of carbonyl (C=O) groups excluding carboxylic acids is 1. The molecule has 0 bridgehead atoms. The van der Waals surface area contributed by atoms with Crippen LogP contribution in [-0.4, -0.2) is 17.5 Å². The molecule has 0 amide bonds. The van der Waals surface area contributed by atoms with Gasteiger partial charge in [0.15, 0.2) is 11.4 Å². The highest BCUT2D eigenvalue weighted by atomic mass is 35.5. The quantitative estimate of drug-likeness (QED) is 0.675. The number of rotatable bonds is 4. The van der Waals surface area contributed by atoms with E-state index in [4.69, 9.17) is 20.8 Å². The Bertz CT molecular complexity index is 986. The summed E-state index contributed by atoms with van der Waals surface area (Å²) in [6, 6.07) is 10.3. The molecular formula is C18H16ClNO4. The van der Waals surface area contributed by atoms with Gasteiger partial charge in [0.1, 0.15) is 11.3 Å². The summed E-state index contributed by atoms with van der Waals surface area (Å²) in [7, 11) is 3.13. The van der Waals surface area contributed by atoms with Crippen molar-refractivity contribution >= 4 is 28.5 Å². The first kappa shape index (κ1) is 16.3. The molecule has 1 atom stereocenters. The Morgan fingerprint density at radius 2 is 2.04 bits per heavy atom. The third kappa shape index (κ3) is 2.61. The summed E-state index contributed by atoms with van der Waals surface area (Å²) in [5.74, 6) is -0.480. The van der Waals surface area contributed by atoms with E-state index in [1.54, 1.807) is 57.5 Å². The van der Waals surface area contributed by atoms with Gasteiger partial charge in [-0.15, -0.1) is 0 Å². The van der Waals surface area contributed by atoms with Gasteiger partial charge in [-0.25, -0.2) is 4.79 Å². The summed E-state index contributed by atoms with van der Waals surface area (Å²) >= 11 is 6.28. The minimum absolute atomic E-state index is 0.135. The highest BCUT2D eigenvalue weighted by molar-refractivity contribution is 6.32. The van der Waals surface area contributed by atoms with Gasteiger partial charge in [-0.1, -0.05) is 30.7 Å². The summed E-state index contributed by atoms with van der Waals surface area (Å²) < 4.78 is 11.6. The van der Waals surface area contributed by atoms with Crippen LogP contribution < -0.4 is 10.5 Å². The summed E-state index contributed by atoms with van der Waals surface area (Å²) in [6.07, 6.45) is 0. The van der Waals surface area contributed by atoms with Crippen LogP contribution in [0.3, 0.4) is 0 Å². The van der Waals surface area contributed by atoms with Crippen LogP contribution in [0.4, 0.5) is 0 Å². The van der Waals surface area contributed by atoms with Gasteiger partial charge in [-0.2, -0.15) is 0 Å². The van der Waals surface area contributed by atoms with Crippen LogP contribution in [0.25, 0.3) is 11.1 Å². The third-order valence-electron chi connectivity index (χ3n) is 4.14. The van der Waals surface area contributed by atoms with E-state index in [1.807, 2.05) is 0 Å². The van der Waals surface area contributed by atoms with Crippen LogP contribution in [0.15, 0.2) is 45.6 Å². The van der Waals surface area contributed by atoms with Crippen molar-refractivity contribution in [3.63, 3.8) is 0 Å². The number of nitrogens with zero attached hydrogens (tertiary/aromatic N) is 1. The Morgan fingerprint density at radius 3 is 2.71 bits per heavy atom. The van der Waals surface area contributed by atoms with Crippen molar-refractivity contribution in [3.8, 4) is 5.75 Å². The molecule has 0 fully saturated rings. The lowest BCUT2D eigenvalue weighted by atomic mass is 9.91. The minimum Gasteiger partial charge on any atom is -0.497 e. The molecule has 0 saturated heterocycles. The Morgan fingerprint density at radius 1 is 1.29 bits per heavy atom. The summed E-state index contributed by atoms with van der Waals surface area (Å²) in [5, 5.41) is 0.462. The molecule has 0 saturated carbocycles. The third-order valence-corrected chi connectivity index (χ3v) is 4.47. The SMILES string of the molecule is COc1ccc(C(C)C(=O)c2cccc3oc(=O)n(C)c23)c(Cl)c1. The van der Waals surface area contributed by atoms with E-state index in [0.29, 0.717) is 33.0 Å². The number of aryl methyl sites for hydroxylation is 1. The molecule has 5 nitrogen and oxygen atoms in total. The largest absolute Gasteiger partial charge is 0.497 e. The monoisotopic (exact) mass is 345 g/mol. The van der Waals surface area contributed by atoms with Crippen LogP contribution in [0, 0.1) is 0 Å². The van der Waals surface area contributed by atoms with Gasteiger partial charge in [0.25, 0.3) is 0 Å². The molecule has 0 aliphatic carbocycles. The zero-order valence-corrected chi connectivity index (χ0v) is 14.3. The average Bonchev–Trinajstić information content (AvgIpc) is 2.88. The van der Waals surface area contributed by atoms with E-state index < -0.39 is 11.7 Å². The van der Waals surface area contributed by atoms with Gasteiger partial charge in [0, 0.05) is 23.6 Å². The Labute approximate surface area is 143 Å². The molecule has 0 radical (unpaired) electrons. The number of ether oxygens (including phenoxy) is 1. The minimum atomic E-state index is -0.500. The fraction of sp³-hybridized carbons (Fsp3) is 0.222. The average molecular weight is 346 g/mol. The lowest BCUT2D eigenvalue weighted by Gasteiger charge is -2.14. The summed E-state index contributed by atoms with van der Waals surface area (Å²) in [4.78, 5) is 24.7. The van der Waals surface area contributed by atoms with E-state index in [9.17, 15) is 9.59 Å². The molecule has 0 N–H and O–H groups in total. The molecule has 0 spiro atoms. The molecule has 1 aromatic heterocycles. The topological polar surface area (TPSA) is 61.4 Å². The van der Waals surface area contributed by atoms with Crippen molar-refractivity contribution in [2.24, 2.45) is 7.05 Å². The van der Waals surface area contributed by atoms with Crippen molar-refractivity contribution in [1.82, 2.24) is 4.57 Å². The van der Waals surface area contributed by atoms with Crippen LogP contribution >= 0.6 is 11.6 Å². The fourth-order valence-corrected chi connectivity index (χ4v) is 3.10. The van der Waals surface area contributed by atoms with E-state index in [0.717, 1.165) is 0 Å². The fourth-order valence-electron chi connectivity index (χ4n) is 2.76. The molecule has 124 valence electrons. The van der Waals surface area contributed by atoms with Gasteiger partial charge in [0.2, 0.25) is 0 Å². The van der Waals surface area contributed by atoms with Gasteiger partial charge in [-0.05, 0) is 29.8 Å². The number of para-hydroxylation sites is 1. The number of hydrogen-bond acceptors (Lipinski definition) is 4. The molecule has 1 heterocycles. The zero-order valence-electron chi connectivity index (χ0n) is 13.5. The van der Waals surface area contributed by atoms with Crippen LogP contribution in [0.2, 0.25) is 5.02 Å². The lowest BCUT2D eigenvalue weighted by Crippen LogP contribution is -2.14. The highest BCUT2D eigenvalue weighted by Gasteiger charge is 2.23.